The van der Waals surface area contributed by atoms with Gasteiger partial charge in [-0.2, -0.15) is 0 Å². The first-order valence-electron chi connectivity index (χ1n) is 8.88. The topological polar surface area (TPSA) is 59.1 Å². The van der Waals surface area contributed by atoms with Crippen LogP contribution in [0, 0.1) is 0 Å². The van der Waals surface area contributed by atoms with Gasteiger partial charge < -0.3 is 15.3 Å². The van der Waals surface area contributed by atoms with Crippen LogP contribution in [0.15, 0.2) is 0 Å². The van der Waals surface area contributed by atoms with E-state index in [2.05, 4.69) is 36.0 Å². The van der Waals surface area contributed by atoms with Crippen molar-refractivity contribution in [2.75, 3.05) is 39.8 Å². The van der Waals surface area contributed by atoms with E-state index >= 15 is 0 Å². The number of nitrogens with one attached hydrogen (secondary N) is 1. The third kappa shape index (κ3) is 5.62. The normalized spacial score (nSPS) is 24.8. The first kappa shape index (κ1) is 18.5. The predicted octanol–water partition coefficient (Wildman–Crippen LogP) is 0.956. The van der Waals surface area contributed by atoms with Crippen LogP contribution in [0.3, 0.4) is 0 Å². The van der Waals surface area contributed by atoms with E-state index in [4.69, 9.17) is 0 Å². The summed E-state index contributed by atoms with van der Waals surface area (Å²) in [6.45, 7) is 11.6. The van der Waals surface area contributed by atoms with Crippen molar-refractivity contribution in [3.8, 4) is 0 Å². The Morgan fingerprint density at radius 3 is 2.57 bits per heavy atom. The second-order valence-corrected chi connectivity index (χ2v) is 8.02. The lowest BCUT2D eigenvalue weighted by Gasteiger charge is -2.41. The highest BCUT2D eigenvalue weighted by atomic mass is 16.3. The molecule has 1 aliphatic carbocycles. The van der Waals surface area contributed by atoms with Crippen LogP contribution in [-0.2, 0) is 0 Å². The van der Waals surface area contributed by atoms with Gasteiger partial charge in [-0.05, 0) is 47.6 Å². The molecule has 0 aromatic heterocycles. The summed E-state index contributed by atoms with van der Waals surface area (Å²) in [4.78, 5) is 19.0. The van der Waals surface area contributed by atoms with E-state index < -0.39 is 5.60 Å². The zero-order valence-corrected chi connectivity index (χ0v) is 15.4. The minimum absolute atomic E-state index is 0.0384. The van der Waals surface area contributed by atoms with Crippen molar-refractivity contribution >= 4 is 6.03 Å². The summed E-state index contributed by atoms with van der Waals surface area (Å²) in [5.74, 6) is 0. The number of hydrogen-bond donors (Lipinski definition) is 2. The summed E-state index contributed by atoms with van der Waals surface area (Å²) in [6, 6.07) is 1.29. The van der Waals surface area contributed by atoms with Gasteiger partial charge in [-0.3, -0.25) is 9.80 Å². The molecule has 23 heavy (non-hydrogen) atoms. The van der Waals surface area contributed by atoms with Crippen molar-refractivity contribution in [1.82, 2.24) is 20.0 Å². The molecule has 2 atom stereocenters. The standard InChI is InChI=1S/C17H34N4O2/c1-13(19(5)15-6-7-15)10-18-16(22)21-9-8-20(11-14(21)2)12-17(3,4)23/h13-15,23H,6-12H2,1-5H3,(H,18,22)/t13-,14+/m0/s1. The lowest BCUT2D eigenvalue weighted by atomic mass is 10.1. The smallest absolute Gasteiger partial charge is 0.317 e. The van der Waals surface area contributed by atoms with Gasteiger partial charge >= 0.3 is 6.03 Å². The molecule has 1 saturated heterocycles. The molecule has 2 rings (SSSR count). The molecule has 0 aromatic carbocycles. The van der Waals surface area contributed by atoms with Crippen molar-refractivity contribution in [3.63, 3.8) is 0 Å². The number of hydrogen-bond acceptors (Lipinski definition) is 4. The molecular formula is C17H34N4O2. The largest absolute Gasteiger partial charge is 0.389 e. The minimum atomic E-state index is -0.688. The summed E-state index contributed by atoms with van der Waals surface area (Å²) in [6.07, 6.45) is 2.57. The Labute approximate surface area is 140 Å². The third-order valence-corrected chi connectivity index (χ3v) is 4.95. The second kappa shape index (κ2) is 7.36. The van der Waals surface area contributed by atoms with E-state index in [1.54, 1.807) is 0 Å². The van der Waals surface area contributed by atoms with Crippen LogP contribution >= 0.6 is 0 Å². The van der Waals surface area contributed by atoms with Gasteiger partial charge in [0.05, 0.1) is 5.60 Å². The summed E-state index contributed by atoms with van der Waals surface area (Å²) < 4.78 is 0. The molecule has 2 N–H and O–H groups in total. The van der Waals surface area contributed by atoms with E-state index in [0.717, 1.165) is 19.6 Å². The Hall–Kier alpha value is -0.850. The molecule has 134 valence electrons. The van der Waals surface area contributed by atoms with E-state index in [1.807, 2.05) is 18.7 Å². The van der Waals surface area contributed by atoms with Crippen LogP contribution in [0.1, 0.15) is 40.5 Å². The Bertz CT molecular complexity index is 406. The van der Waals surface area contributed by atoms with Gasteiger partial charge in [0.25, 0.3) is 0 Å². The quantitative estimate of drug-likeness (QED) is 0.763. The average Bonchev–Trinajstić information content (AvgIpc) is 3.26. The zero-order valence-electron chi connectivity index (χ0n) is 15.4. The molecule has 1 saturated carbocycles. The molecule has 2 fully saturated rings. The number of carbonyl (C=O) groups excluding carboxylic acids is 1. The Morgan fingerprint density at radius 2 is 2.04 bits per heavy atom. The number of urea groups is 1. The van der Waals surface area contributed by atoms with Crippen molar-refractivity contribution in [2.24, 2.45) is 0 Å². The summed E-state index contributed by atoms with van der Waals surface area (Å²) in [5, 5.41) is 13.0. The second-order valence-electron chi connectivity index (χ2n) is 8.02. The number of carbonyl (C=O) groups is 1. The number of β-amino-alcohol motifs (C(OH)–C–C–N with tert-alkyl or cyclic N) is 1. The minimum Gasteiger partial charge on any atom is -0.389 e. The highest BCUT2D eigenvalue weighted by molar-refractivity contribution is 5.74. The first-order valence-corrected chi connectivity index (χ1v) is 8.88. The number of aliphatic hydroxyl groups is 1. The van der Waals surface area contributed by atoms with Crippen LogP contribution < -0.4 is 5.32 Å². The molecule has 0 aromatic rings. The number of rotatable bonds is 6. The Morgan fingerprint density at radius 1 is 1.39 bits per heavy atom. The van der Waals surface area contributed by atoms with Gasteiger partial charge in [-0.25, -0.2) is 4.79 Å². The Balaban J connectivity index is 1.74. The van der Waals surface area contributed by atoms with Gasteiger partial charge in [0, 0.05) is 50.8 Å². The van der Waals surface area contributed by atoms with E-state index in [-0.39, 0.29) is 12.1 Å². The lowest BCUT2D eigenvalue weighted by molar-refractivity contribution is 0.0118. The van der Waals surface area contributed by atoms with Crippen LogP contribution in [0.4, 0.5) is 4.79 Å². The highest BCUT2D eigenvalue weighted by Crippen LogP contribution is 2.26. The van der Waals surface area contributed by atoms with Crippen LogP contribution in [0.5, 0.6) is 0 Å². The summed E-state index contributed by atoms with van der Waals surface area (Å²) in [5.41, 5.74) is -0.688. The molecule has 0 spiro atoms. The molecule has 1 aliphatic heterocycles. The van der Waals surface area contributed by atoms with Gasteiger partial charge in [-0.15, -0.1) is 0 Å². The number of likely N-dealkylation sites (N-methyl/N-ethyl adjacent to an activating group) is 1. The van der Waals surface area contributed by atoms with Gasteiger partial charge in [-0.1, -0.05) is 0 Å². The number of piperazine rings is 1. The maximum atomic E-state index is 12.4. The van der Waals surface area contributed by atoms with E-state index in [0.29, 0.717) is 25.2 Å². The number of amides is 2. The predicted molar refractivity (Wildman–Crippen MR) is 92.6 cm³/mol. The fraction of sp³-hybridized carbons (Fsp3) is 0.941. The van der Waals surface area contributed by atoms with Gasteiger partial charge in [0.15, 0.2) is 0 Å². The van der Waals surface area contributed by atoms with Crippen LogP contribution in [0.2, 0.25) is 0 Å². The first-order chi connectivity index (χ1) is 10.7. The molecular weight excluding hydrogens is 292 g/mol. The Kier molecular flexibility index (Phi) is 5.92. The molecule has 0 bridgehead atoms. The zero-order chi connectivity index (χ0) is 17.2. The average molecular weight is 326 g/mol. The lowest BCUT2D eigenvalue weighted by Crippen LogP contribution is -2.59. The van der Waals surface area contributed by atoms with Crippen LogP contribution in [0.25, 0.3) is 0 Å². The van der Waals surface area contributed by atoms with Crippen molar-refractivity contribution in [3.05, 3.63) is 0 Å². The van der Waals surface area contributed by atoms with Gasteiger partial charge in [0.1, 0.15) is 0 Å². The fourth-order valence-electron chi connectivity index (χ4n) is 3.35. The SMILES string of the molecule is C[C@@H]1CN(CC(C)(C)O)CCN1C(=O)NC[C@H](C)N(C)C1CC1. The van der Waals surface area contributed by atoms with Crippen molar-refractivity contribution in [1.29, 1.82) is 0 Å². The van der Waals surface area contributed by atoms with E-state index in [9.17, 15) is 9.90 Å². The summed E-state index contributed by atoms with van der Waals surface area (Å²) in [7, 11) is 2.15. The summed E-state index contributed by atoms with van der Waals surface area (Å²) >= 11 is 0. The third-order valence-electron chi connectivity index (χ3n) is 4.95. The molecule has 2 amide bonds. The van der Waals surface area contributed by atoms with Crippen molar-refractivity contribution < 1.29 is 9.90 Å². The molecule has 0 unspecified atom stereocenters. The molecule has 6 nitrogen and oxygen atoms in total. The molecule has 0 radical (unpaired) electrons. The van der Waals surface area contributed by atoms with Crippen molar-refractivity contribution in [2.45, 2.75) is 64.3 Å². The number of nitrogens with zero attached hydrogens (tertiary/aromatic N) is 3. The molecule has 6 heteroatoms. The maximum absolute atomic E-state index is 12.4. The fourth-order valence-corrected chi connectivity index (χ4v) is 3.35. The molecule has 1 heterocycles. The van der Waals surface area contributed by atoms with E-state index in [1.165, 1.54) is 12.8 Å². The highest BCUT2D eigenvalue weighted by Gasteiger charge is 2.31. The van der Waals surface area contributed by atoms with Gasteiger partial charge in [0.2, 0.25) is 0 Å². The maximum Gasteiger partial charge on any atom is 0.317 e. The monoisotopic (exact) mass is 326 g/mol. The van der Waals surface area contributed by atoms with Crippen LogP contribution in [-0.4, -0.2) is 89.3 Å². The molecule has 2 aliphatic rings.